The van der Waals surface area contributed by atoms with Crippen LogP contribution in [0.2, 0.25) is 0 Å². The van der Waals surface area contributed by atoms with Crippen LogP contribution in [0.25, 0.3) is 11.4 Å². The Kier molecular flexibility index (Phi) is 3.31. The zero-order chi connectivity index (χ0) is 14.9. The van der Waals surface area contributed by atoms with Gasteiger partial charge in [-0.1, -0.05) is 48.5 Å². The van der Waals surface area contributed by atoms with Gasteiger partial charge in [-0.15, -0.1) is 11.8 Å². The molecule has 0 fully saturated rings. The molecule has 0 spiro atoms. The van der Waals surface area contributed by atoms with Gasteiger partial charge in [0.1, 0.15) is 10.8 Å². The van der Waals surface area contributed by atoms with Gasteiger partial charge in [-0.3, -0.25) is 0 Å². The van der Waals surface area contributed by atoms with Crippen molar-refractivity contribution in [3.8, 4) is 23.0 Å². The normalized spacial score (nSPS) is 12.2. The maximum Gasteiger partial charge on any atom is 0.227 e. The van der Waals surface area contributed by atoms with Crippen LogP contribution in [0.15, 0.2) is 59.6 Å². The van der Waals surface area contributed by atoms with Gasteiger partial charge < -0.3 is 4.74 Å². The first-order valence-electron chi connectivity index (χ1n) is 7.11. The summed E-state index contributed by atoms with van der Waals surface area (Å²) in [6.07, 6.45) is 2.86. The van der Waals surface area contributed by atoms with E-state index in [0.717, 1.165) is 28.3 Å². The van der Waals surface area contributed by atoms with Crippen LogP contribution in [0.1, 0.15) is 11.1 Å². The molecule has 1 aliphatic rings. The number of nitrogens with zero attached hydrogens (tertiary/aromatic N) is 2. The molecule has 0 aliphatic carbocycles. The maximum atomic E-state index is 6.02. The summed E-state index contributed by atoms with van der Waals surface area (Å²) in [4.78, 5) is 9.36. The quantitative estimate of drug-likeness (QED) is 0.401. The van der Waals surface area contributed by atoms with Gasteiger partial charge in [0, 0.05) is 12.0 Å². The van der Waals surface area contributed by atoms with Crippen LogP contribution in [0.5, 0.6) is 11.6 Å². The van der Waals surface area contributed by atoms with Gasteiger partial charge in [-0.05, 0) is 17.9 Å². The lowest BCUT2D eigenvalue weighted by molar-refractivity contribution is 0.435. The van der Waals surface area contributed by atoms with E-state index in [2.05, 4.69) is 11.1 Å². The minimum atomic E-state index is 0.678. The summed E-state index contributed by atoms with van der Waals surface area (Å²) >= 11 is 1.64. The first kappa shape index (κ1) is 13.3. The summed E-state index contributed by atoms with van der Waals surface area (Å²) in [5, 5.41) is 0.985. The molecular formula is C18H14N2OS. The molecule has 0 atom stereocenters. The Bertz CT molecular complexity index is 834. The van der Waals surface area contributed by atoms with Gasteiger partial charge in [-0.2, -0.15) is 4.98 Å². The van der Waals surface area contributed by atoms with Crippen molar-refractivity contribution in [2.24, 2.45) is 0 Å². The number of thioether (sulfide) groups is 1. The molecule has 3 nitrogen and oxygen atoms in total. The molecule has 0 unspecified atom stereocenters. The van der Waals surface area contributed by atoms with Crippen molar-refractivity contribution in [2.45, 2.75) is 11.4 Å². The zero-order valence-electron chi connectivity index (χ0n) is 12.1. The third kappa shape index (κ3) is 2.25. The molecule has 0 saturated carbocycles. The van der Waals surface area contributed by atoms with Crippen LogP contribution in [-0.4, -0.2) is 16.2 Å². The summed E-state index contributed by atoms with van der Waals surface area (Å²) in [7, 11) is 0. The van der Waals surface area contributed by atoms with Gasteiger partial charge in [-0.25, -0.2) is 4.98 Å². The Hall–Kier alpha value is -2.33. The molecule has 2 aromatic carbocycles. The molecule has 0 radical (unpaired) electrons. The largest absolute Gasteiger partial charge is 0.438 e. The van der Waals surface area contributed by atoms with Crippen LogP contribution in [0, 0.1) is 0 Å². The molecule has 3 aromatic rings. The lowest BCUT2D eigenvalue weighted by atomic mass is 10.0. The SMILES string of the molecule is CSc1nc(-c2ccccc2)nc2c1Cc1ccccc1O2. The van der Waals surface area contributed by atoms with Gasteiger partial charge in [0.2, 0.25) is 5.88 Å². The number of hydrogen-bond donors (Lipinski definition) is 0. The van der Waals surface area contributed by atoms with E-state index in [-0.39, 0.29) is 0 Å². The molecule has 108 valence electrons. The van der Waals surface area contributed by atoms with Gasteiger partial charge in [0.25, 0.3) is 0 Å². The van der Waals surface area contributed by atoms with Crippen molar-refractivity contribution in [2.75, 3.05) is 6.26 Å². The minimum Gasteiger partial charge on any atom is -0.438 e. The molecule has 22 heavy (non-hydrogen) atoms. The van der Waals surface area contributed by atoms with Crippen molar-refractivity contribution < 1.29 is 4.74 Å². The molecule has 0 N–H and O–H groups in total. The molecule has 4 heteroatoms. The Balaban J connectivity index is 1.85. The van der Waals surface area contributed by atoms with Crippen molar-refractivity contribution in [3.63, 3.8) is 0 Å². The smallest absolute Gasteiger partial charge is 0.227 e. The Morgan fingerprint density at radius 2 is 1.73 bits per heavy atom. The van der Waals surface area contributed by atoms with Crippen molar-refractivity contribution >= 4 is 11.8 Å². The predicted molar refractivity (Wildman–Crippen MR) is 88.6 cm³/mol. The van der Waals surface area contributed by atoms with E-state index in [9.17, 15) is 0 Å². The number of ether oxygens (including phenoxy) is 1. The van der Waals surface area contributed by atoms with Crippen molar-refractivity contribution in [1.29, 1.82) is 0 Å². The summed E-state index contributed by atoms with van der Waals surface area (Å²) in [5.41, 5.74) is 3.26. The number of para-hydroxylation sites is 1. The highest BCUT2D eigenvalue weighted by molar-refractivity contribution is 7.98. The summed E-state index contributed by atoms with van der Waals surface area (Å²) in [6, 6.07) is 18.1. The Morgan fingerprint density at radius 1 is 0.955 bits per heavy atom. The first-order chi connectivity index (χ1) is 10.8. The maximum absolute atomic E-state index is 6.02. The molecule has 0 saturated heterocycles. The van der Waals surface area contributed by atoms with Crippen molar-refractivity contribution in [1.82, 2.24) is 9.97 Å². The summed E-state index contributed by atoms with van der Waals surface area (Å²) in [6.45, 7) is 0. The minimum absolute atomic E-state index is 0.678. The highest BCUT2D eigenvalue weighted by Gasteiger charge is 2.23. The number of benzene rings is 2. The van der Waals surface area contributed by atoms with Crippen LogP contribution in [-0.2, 0) is 6.42 Å². The fourth-order valence-corrected chi connectivity index (χ4v) is 3.19. The average Bonchev–Trinajstić information content (AvgIpc) is 2.59. The molecule has 0 amide bonds. The fourth-order valence-electron chi connectivity index (χ4n) is 2.61. The third-order valence-electron chi connectivity index (χ3n) is 3.70. The first-order valence-corrected chi connectivity index (χ1v) is 8.33. The summed E-state index contributed by atoms with van der Waals surface area (Å²) in [5.74, 6) is 2.28. The number of rotatable bonds is 2. The van der Waals surface area contributed by atoms with E-state index in [0.29, 0.717) is 11.7 Å². The van der Waals surface area contributed by atoms with Crippen LogP contribution >= 0.6 is 11.8 Å². The lowest BCUT2D eigenvalue weighted by Gasteiger charge is -2.21. The van der Waals surface area contributed by atoms with Crippen LogP contribution in [0.4, 0.5) is 0 Å². The lowest BCUT2D eigenvalue weighted by Crippen LogP contribution is -2.08. The predicted octanol–water partition coefficient (Wildman–Crippen LogP) is 4.56. The topological polar surface area (TPSA) is 35.0 Å². The molecule has 4 rings (SSSR count). The van der Waals surface area contributed by atoms with E-state index in [4.69, 9.17) is 9.72 Å². The van der Waals surface area contributed by atoms with E-state index < -0.39 is 0 Å². The molecule has 2 heterocycles. The highest BCUT2D eigenvalue weighted by Crippen LogP contribution is 2.39. The van der Waals surface area contributed by atoms with Crippen molar-refractivity contribution in [3.05, 3.63) is 65.7 Å². The second-order valence-electron chi connectivity index (χ2n) is 5.09. The second kappa shape index (κ2) is 5.46. The number of fused-ring (bicyclic) bond motifs is 2. The fraction of sp³-hybridized carbons (Fsp3) is 0.111. The summed E-state index contributed by atoms with van der Waals surface area (Å²) < 4.78 is 6.02. The third-order valence-corrected chi connectivity index (χ3v) is 4.43. The van der Waals surface area contributed by atoms with E-state index in [1.807, 2.05) is 54.8 Å². The van der Waals surface area contributed by atoms with Gasteiger partial charge >= 0.3 is 0 Å². The van der Waals surface area contributed by atoms with E-state index >= 15 is 0 Å². The van der Waals surface area contributed by atoms with Crippen LogP contribution in [0.3, 0.4) is 0 Å². The molecule has 0 bridgehead atoms. The molecule has 1 aliphatic heterocycles. The van der Waals surface area contributed by atoms with E-state index in [1.165, 1.54) is 5.56 Å². The second-order valence-corrected chi connectivity index (χ2v) is 5.89. The number of aromatic nitrogens is 2. The van der Waals surface area contributed by atoms with Gasteiger partial charge in [0.15, 0.2) is 5.82 Å². The Labute approximate surface area is 133 Å². The Morgan fingerprint density at radius 3 is 2.55 bits per heavy atom. The average molecular weight is 306 g/mol. The van der Waals surface area contributed by atoms with Crippen LogP contribution < -0.4 is 4.74 Å². The standard InChI is InChI=1S/C18H14N2OS/c1-22-18-14-11-13-9-5-6-10-15(13)21-17(14)19-16(20-18)12-7-3-2-4-8-12/h2-10H,11H2,1H3. The van der Waals surface area contributed by atoms with E-state index in [1.54, 1.807) is 11.8 Å². The van der Waals surface area contributed by atoms with Gasteiger partial charge in [0.05, 0.1) is 5.56 Å². The zero-order valence-corrected chi connectivity index (χ0v) is 12.9. The number of hydrogen-bond acceptors (Lipinski definition) is 4. The molecular weight excluding hydrogens is 292 g/mol. The monoisotopic (exact) mass is 306 g/mol. The highest BCUT2D eigenvalue weighted by atomic mass is 32.2. The molecule has 1 aromatic heterocycles.